The summed E-state index contributed by atoms with van der Waals surface area (Å²) in [4.78, 5) is 16.6. The Morgan fingerprint density at radius 3 is 1.74 bits per heavy atom. The fourth-order valence-corrected chi connectivity index (χ4v) is 3.97. The van der Waals surface area contributed by atoms with E-state index >= 15 is 0 Å². The number of aryl methyl sites for hydroxylation is 2. The van der Waals surface area contributed by atoms with Gasteiger partial charge in [-0.3, -0.25) is 0 Å². The van der Waals surface area contributed by atoms with Gasteiger partial charge in [-0.15, -0.1) is 0 Å². The van der Waals surface area contributed by atoms with Crippen molar-refractivity contribution in [1.82, 2.24) is 15.0 Å². The Bertz CT molecular complexity index is 943. The molecule has 0 aliphatic carbocycles. The summed E-state index contributed by atoms with van der Waals surface area (Å²) in [6.07, 6.45) is 4.21. The van der Waals surface area contributed by atoms with Gasteiger partial charge in [0.2, 0.25) is 17.8 Å². The maximum Gasteiger partial charge on any atom is 0.233 e. The van der Waals surface area contributed by atoms with Crippen LogP contribution in [0.2, 0.25) is 0 Å². The zero-order chi connectivity index (χ0) is 21.6. The molecule has 1 fully saturated rings. The van der Waals surface area contributed by atoms with E-state index in [0.717, 1.165) is 62.0 Å². The number of para-hydroxylation sites is 2. The van der Waals surface area contributed by atoms with Crippen molar-refractivity contribution >= 4 is 29.2 Å². The monoisotopic (exact) mass is 416 g/mol. The SMILES string of the molecule is CCc1ccccc1Nc1nc(Nc2ccccc2CC)nc(N2CCC(C)CC2)n1. The van der Waals surface area contributed by atoms with E-state index in [1.807, 2.05) is 12.1 Å². The minimum atomic E-state index is 0.570. The van der Waals surface area contributed by atoms with Gasteiger partial charge < -0.3 is 15.5 Å². The zero-order valence-corrected chi connectivity index (χ0v) is 18.7. The van der Waals surface area contributed by atoms with Gasteiger partial charge in [0.25, 0.3) is 0 Å². The second kappa shape index (κ2) is 9.77. The lowest BCUT2D eigenvalue weighted by molar-refractivity contribution is 0.434. The number of hydrogen-bond acceptors (Lipinski definition) is 6. The minimum Gasteiger partial charge on any atom is -0.341 e. The summed E-state index contributed by atoms with van der Waals surface area (Å²) in [5.41, 5.74) is 4.55. The van der Waals surface area contributed by atoms with Crippen LogP contribution in [-0.2, 0) is 12.8 Å². The first-order chi connectivity index (χ1) is 15.2. The standard InChI is InChI=1S/C25H32N6/c1-4-19-10-6-8-12-21(19)26-23-28-24(27-22-13-9-7-11-20(22)5-2)30-25(29-23)31-16-14-18(3)15-17-31/h6-13,18H,4-5,14-17H2,1-3H3,(H2,26,27,28,29,30). The van der Waals surface area contributed by atoms with Crippen LogP contribution in [0.15, 0.2) is 48.5 Å². The first kappa shape index (κ1) is 21.1. The molecule has 0 atom stereocenters. The highest BCUT2D eigenvalue weighted by atomic mass is 15.3. The molecule has 0 radical (unpaired) electrons. The predicted octanol–water partition coefficient (Wildman–Crippen LogP) is 5.72. The highest BCUT2D eigenvalue weighted by Gasteiger charge is 2.20. The average Bonchev–Trinajstić information content (AvgIpc) is 2.80. The molecular weight excluding hydrogens is 384 g/mol. The van der Waals surface area contributed by atoms with Crippen LogP contribution in [-0.4, -0.2) is 28.0 Å². The molecule has 6 heteroatoms. The molecule has 1 aromatic heterocycles. The lowest BCUT2D eigenvalue weighted by Crippen LogP contribution is -2.34. The zero-order valence-electron chi connectivity index (χ0n) is 18.7. The number of aromatic nitrogens is 3. The molecule has 1 saturated heterocycles. The summed E-state index contributed by atoms with van der Waals surface area (Å²) < 4.78 is 0. The molecular formula is C25H32N6. The molecule has 2 aromatic carbocycles. The summed E-state index contributed by atoms with van der Waals surface area (Å²) in [5.74, 6) is 2.62. The topological polar surface area (TPSA) is 66.0 Å². The lowest BCUT2D eigenvalue weighted by atomic mass is 10.00. The molecule has 0 bridgehead atoms. The van der Waals surface area contributed by atoms with E-state index in [2.05, 4.69) is 72.7 Å². The van der Waals surface area contributed by atoms with Crippen LogP contribution in [0.4, 0.5) is 29.2 Å². The normalized spacial score (nSPS) is 14.5. The van der Waals surface area contributed by atoms with Gasteiger partial charge in [0.05, 0.1) is 0 Å². The Balaban J connectivity index is 1.68. The van der Waals surface area contributed by atoms with Crippen LogP contribution < -0.4 is 15.5 Å². The molecule has 1 aliphatic heterocycles. The molecule has 3 aromatic rings. The quantitative estimate of drug-likeness (QED) is 0.513. The maximum atomic E-state index is 4.79. The van der Waals surface area contributed by atoms with E-state index in [1.54, 1.807) is 0 Å². The number of anilines is 5. The highest BCUT2D eigenvalue weighted by molar-refractivity contribution is 5.63. The third-order valence-corrected chi connectivity index (χ3v) is 5.98. The molecule has 1 aliphatic rings. The van der Waals surface area contributed by atoms with Crippen LogP contribution in [0.5, 0.6) is 0 Å². The average molecular weight is 417 g/mol. The minimum absolute atomic E-state index is 0.570. The van der Waals surface area contributed by atoms with Crippen molar-refractivity contribution in [3.05, 3.63) is 59.7 Å². The van der Waals surface area contributed by atoms with E-state index in [0.29, 0.717) is 11.9 Å². The summed E-state index contributed by atoms with van der Waals surface area (Å²) in [6.45, 7) is 8.57. The predicted molar refractivity (Wildman–Crippen MR) is 129 cm³/mol. The van der Waals surface area contributed by atoms with Crippen molar-refractivity contribution in [2.45, 2.75) is 46.5 Å². The number of piperidine rings is 1. The van der Waals surface area contributed by atoms with Crippen molar-refractivity contribution in [3.63, 3.8) is 0 Å². The second-order valence-corrected chi connectivity index (χ2v) is 8.22. The van der Waals surface area contributed by atoms with Crippen molar-refractivity contribution in [1.29, 1.82) is 0 Å². The van der Waals surface area contributed by atoms with Crippen LogP contribution >= 0.6 is 0 Å². The molecule has 0 amide bonds. The van der Waals surface area contributed by atoms with Crippen LogP contribution in [0, 0.1) is 5.92 Å². The van der Waals surface area contributed by atoms with E-state index in [-0.39, 0.29) is 0 Å². The Kier molecular flexibility index (Phi) is 6.65. The molecule has 2 heterocycles. The third-order valence-electron chi connectivity index (χ3n) is 5.98. The van der Waals surface area contributed by atoms with E-state index in [9.17, 15) is 0 Å². The molecule has 162 valence electrons. The summed E-state index contributed by atoms with van der Waals surface area (Å²) >= 11 is 0. The fraction of sp³-hybridized carbons (Fsp3) is 0.400. The molecule has 31 heavy (non-hydrogen) atoms. The van der Waals surface area contributed by atoms with E-state index < -0.39 is 0 Å². The number of hydrogen-bond donors (Lipinski definition) is 2. The Morgan fingerprint density at radius 1 is 0.774 bits per heavy atom. The maximum absolute atomic E-state index is 4.79. The number of nitrogens with one attached hydrogen (secondary N) is 2. The molecule has 0 spiro atoms. The van der Waals surface area contributed by atoms with Crippen molar-refractivity contribution < 1.29 is 0 Å². The van der Waals surface area contributed by atoms with E-state index in [1.165, 1.54) is 11.1 Å². The summed E-state index contributed by atoms with van der Waals surface area (Å²) in [5, 5.41) is 6.88. The highest BCUT2D eigenvalue weighted by Crippen LogP contribution is 2.26. The summed E-state index contributed by atoms with van der Waals surface area (Å²) in [6, 6.07) is 16.6. The second-order valence-electron chi connectivity index (χ2n) is 8.22. The lowest BCUT2D eigenvalue weighted by Gasteiger charge is -2.30. The van der Waals surface area contributed by atoms with Crippen molar-refractivity contribution in [2.75, 3.05) is 28.6 Å². The smallest absolute Gasteiger partial charge is 0.233 e. The Labute approximate surface area is 185 Å². The van der Waals surface area contributed by atoms with Gasteiger partial charge in [-0.05, 0) is 54.9 Å². The van der Waals surface area contributed by atoms with Gasteiger partial charge in [0.1, 0.15) is 0 Å². The first-order valence-corrected chi connectivity index (χ1v) is 11.4. The van der Waals surface area contributed by atoms with Crippen LogP contribution in [0.3, 0.4) is 0 Å². The van der Waals surface area contributed by atoms with Crippen LogP contribution in [0.1, 0.15) is 44.7 Å². The molecule has 0 saturated carbocycles. The fourth-order valence-electron chi connectivity index (χ4n) is 3.97. The van der Waals surface area contributed by atoms with Gasteiger partial charge >= 0.3 is 0 Å². The van der Waals surface area contributed by atoms with Crippen molar-refractivity contribution in [2.24, 2.45) is 5.92 Å². The third kappa shape index (κ3) is 5.13. The summed E-state index contributed by atoms with van der Waals surface area (Å²) in [7, 11) is 0. The number of nitrogens with zero attached hydrogens (tertiary/aromatic N) is 4. The molecule has 6 nitrogen and oxygen atoms in total. The largest absolute Gasteiger partial charge is 0.341 e. The van der Waals surface area contributed by atoms with Crippen LogP contribution in [0.25, 0.3) is 0 Å². The number of benzene rings is 2. The first-order valence-electron chi connectivity index (χ1n) is 11.4. The molecule has 2 N–H and O–H groups in total. The van der Waals surface area contributed by atoms with Gasteiger partial charge in [0.15, 0.2) is 0 Å². The Hall–Kier alpha value is -3.15. The molecule has 4 rings (SSSR count). The van der Waals surface area contributed by atoms with Crippen molar-refractivity contribution in [3.8, 4) is 0 Å². The van der Waals surface area contributed by atoms with E-state index in [4.69, 9.17) is 15.0 Å². The number of rotatable bonds is 7. The van der Waals surface area contributed by atoms with Gasteiger partial charge in [-0.1, -0.05) is 57.2 Å². The van der Waals surface area contributed by atoms with Gasteiger partial charge in [-0.2, -0.15) is 15.0 Å². The molecule has 0 unspecified atom stereocenters. The Morgan fingerprint density at radius 2 is 1.26 bits per heavy atom. The van der Waals surface area contributed by atoms with Gasteiger partial charge in [-0.25, -0.2) is 0 Å². The van der Waals surface area contributed by atoms with Gasteiger partial charge in [0, 0.05) is 24.5 Å².